The standard InChI is InChI=1S/C29H34N6O4/c1-19(2)27(28-31-32-33-35(28)17-23-9-6-12-37-23)34(11-10-20-7-4-3-5-8-20)16-22-13-21-14-25-26(39-18-38-25)15-24(21)30-29(22)36/h3-5,7-8,13-15,19,23,27H,6,9-12,16-18H2,1-2H3,(H,30,36)/t23-,27-/m1/s1. The van der Waals surface area contributed by atoms with Gasteiger partial charge in [-0.3, -0.25) is 9.69 Å². The lowest BCUT2D eigenvalue weighted by molar-refractivity contribution is 0.0864. The van der Waals surface area contributed by atoms with Crippen molar-refractivity contribution < 1.29 is 14.2 Å². The molecule has 0 aliphatic carbocycles. The Morgan fingerprint density at radius 3 is 2.72 bits per heavy atom. The number of H-pyrrole nitrogens is 1. The highest BCUT2D eigenvalue weighted by atomic mass is 16.7. The van der Waals surface area contributed by atoms with Gasteiger partial charge in [0.1, 0.15) is 0 Å². The van der Waals surface area contributed by atoms with Crippen LogP contribution in [0.3, 0.4) is 0 Å². The lowest BCUT2D eigenvalue weighted by Crippen LogP contribution is -2.37. The van der Waals surface area contributed by atoms with E-state index in [4.69, 9.17) is 14.2 Å². The molecule has 0 bridgehead atoms. The first-order valence-corrected chi connectivity index (χ1v) is 13.7. The number of benzene rings is 2. The smallest absolute Gasteiger partial charge is 0.252 e. The summed E-state index contributed by atoms with van der Waals surface area (Å²) in [5.41, 5.74) is 2.53. The normalized spacial score (nSPS) is 17.5. The Morgan fingerprint density at radius 1 is 1.13 bits per heavy atom. The van der Waals surface area contributed by atoms with Crippen LogP contribution >= 0.6 is 0 Å². The maximum Gasteiger partial charge on any atom is 0.252 e. The molecular formula is C29H34N6O4. The van der Waals surface area contributed by atoms with E-state index in [1.165, 1.54) is 5.56 Å². The van der Waals surface area contributed by atoms with E-state index in [1.54, 1.807) is 0 Å². The van der Waals surface area contributed by atoms with Crippen LogP contribution in [-0.2, 0) is 24.2 Å². The molecule has 10 heteroatoms. The lowest BCUT2D eigenvalue weighted by Gasteiger charge is -2.33. The molecule has 1 N–H and O–H groups in total. The van der Waals surface area contributed by atoms with E-state index in [2.05, 4.69) is 63.5 Å². The third kappa shape index (κ3) is 5.53. The van der Waals surface area contributed by atoms with Crippen LogP contribution in [0.25, 0.3) is 10.9 Å². The van der Waals surface area contributed by atoms with Gasteiger partial charge in [-0.25, -0.2) is 4.68 Å². The van der Waals surface area contributed by atoms with Gasteiger partial charge in [-0.05, 0) is 53.3 Å². The second-order valence-corrected chi connectivity index (χ2v) is 10.7. The van der Waals surface area contributed by atoms with Gasteiger partial charge in [-0.15, -0.1) is 5.10 Å². The summed E-state index contributed by atoms with van der Waals surface area (Å²) in [4.78, 5) is 18.7. The van der Waals surface area contributed by atoms with E-state index < -0.39 is 0 Å². The van der Waals surface area contributed by atoms with Crippen LogP contribution in [0.5, 0.6) is 11.5 Å². The van der Waals surface area contributed by atoms with E-state index in [-0.39, 0.29) is 30.4 Å². The molecule has 0 unspecified atom stereocenters. The number of nitrogens with zero attached hydrogens (tertiary/aromatic N) is 5. The zero-order chi connectivity index (χ0) is 26.8. The predicted octanol–water partition coefficient (Wildman–Crippen LogP) is 3.86. The van der Waals surface area contributed by atoms with Crippen molar-refractivity contribution in [2.24, 2.45) is 5.92 Å². The maximum atomic E-state index is 13.3. The Balaban J connectivity index is 1.34. The van der Waals surface area contributed by atoms with E-state index in [9.17, 15) is 4.79 Å². The Hall–Kier alpha value is -3.76. The van der Waals surface area contributed by atoms with Gasteiger partial charge in [-0.2, -0.15) is 0 Å². The fourth-order valence-corrected chi connectivity index (χ4v) is 5.63. The summed E-state index contributed by atoms with van der Waals surface area (Å²) in [6.07, 6.45) is 3.02. The van der Waals surface area contributed by atoms with Crippen molar-refractivity contribution in [2.75, 3.05) is 19.9 Å². The third-order valence-corrected chi connectivity index (χ3v) is 7.57. The Kier molecular flexibility index (Phi) is 7.30. The molecule has 1 saturated heterocycles. The van der Waals surface area contributed by atoms with Gasteiger partial charge in [0.05, 0.1) is 24.2 Å². The Labute approximate surface area is 226 Å². The summed E-state index contributed by atoms with van der Waals surface area (Å²) in [6.45, 7) is 7.13. The summed E-state index contributed by atoms with van der Waals surface area (Å²) in [6, 6.07) is 16.0. The molecule has 1 fully saturated rings. The van der Waals surface area contributed by atoms with Crippen molar-refractivity contribution in [3.63, 3.8) is 0 Å². The van der Waals surface area contributed by atoms with Gasteiger partial charge in [-0.1, -0.05) is 44.2 Å². The first-order valence-electron chi connectivity index (χ1n) is 13.7. The first-order chi connectivity index (χ1) is 19.0. The quantitative estimate of drug-likeness (QED) is 0.329. The fraction of sp³-hybridized carbons (Fsp3) is 0.448. The highest BCUT2D eigenvalue weighted by Crippen LogP contribution is 2.35. The average Bonchev–Trinajstić information content (AvgIpc) is 3.70. The largest absolute Gasteiger partial charge is 0.454 e. The molecule has 4 aromatic rings. The van der Waals surface area contributed by atoms with Gasteiger partial charge in [0.2, 0.25) is 6.79 Å². The van der Waals surface area contributed by atoms with Crippen LogP contribution in [0.1, 0.15) is 49.7 Å². The Morgan fingerprint density at radius 2 is 1.95 bits per heavy atom. The minimum Gasteiger partial charge on any atom is -0.454 e. The summed E-state index contributed by atoms with van der Waals surface area (Å²) < 4.78 is 18.8. The van der Waals surface area contributed by atoms with Crippen LogP contribution in [0, 0.1) is 5.92 Å². The summed E-state index contributed by atoms with van der Waals surface area (Å²) >= 11 is 0. The highest BCUT2D eigenvalue weighted by molar-refractivity contribution is 5.83. The minimum absolute atomic E-state index is 0.100. The zero-order valence-corrected chi connectivity index (χ0v) is 22.4. The first kappa shape index (κ1) is 25.5. The van der Waals surface area contributed by atoms with Crippen LogP contribution in [-0.4, -0.2) is 56.1 Å². The molecule has 0 radical (unpaired) electrons. The van der Waals surface area contributed by atoms with E-state index in [0.29, 0.717) is 30.2 Å². The van der Waals surface area contributed by atoms with Crippen molar-refractivity contribution in [2.45, 2.75) is 58.3 Å². The second kappa shape index (κ2) is 11.2. The molecule has 6 rings (SSSR count). The number of fused-ring (bicyclic) bond motifs is 2. The molecule has 2 aliphatic heterocycles. The zero-order valence-electron chi connectivity index (χ0n) is 22.4. The number of hydrogen-bond acceptors (Lipinski definition) is 8. The molecule has 4 heterocycles. The van der Waals surface area contributed by atoms with Crippen LogP contribution in [0.15, 0.2) is 53.3 Å². The van der Waals surface area contributed by atoms with Crippen LogP contribution < -0.4 is 15.0 Å². The fourth-order valence-electron chi connectivity index (χ4n) is 5.63. The molecule has 0 amide bonds. The SMILES string of the molecule is CC(C)[C@H](c1nnnn1C[C@H]1CCCO1)N(CCc1ccccc1)Cc1cc2cc3c(cc2[nH]c1=O)OCO3. The number of rotatable bonds is 10. The van der Waals surface area contributed by atoms with E-state index >= 15 is 0 Å². The molecule has 2 aliphatic rings. The maximum absolute atomic E-state index is 13.3. The van der Waals surface area contributed by atoms with Crippen molar-refractivity contribution in [3.8, 4) is 11.5 Å². The van der Waals surface area contributed by atoms with Crippen molar-refractivity contribution in [1.29, 1.82) is 0 Å². The van der Waals surface area contributed by atoms with Crippen molar-refractivity contribution in [3.05, 3.63) is 75.8 Å². The molecule has 39 heavy (non-hydrogen) atoms. The number of aromatic nitrogens is 5. The molecular weight excluding hydrogens is 496 g/mol. The van der Waals surface area contributed by atoms with Gasteiger partial charge in [0.25, 0.3) is 5.56 Å². The average molecular weight is 531 g/mol. The number of ether oxygens (including phenoxy) is 3. The molecule has 10 nitrogen and oxygen atoms in total. The number of hydrogen-bond donors (Lipinski definition) is 1. The van der Waals surface area contributed by atoms with Crippen molar-refractivity contribution >= 4 is 10.9 Å². The number of pyridine rings is 1. The molecule has 2 aromatic carbocycles. The number of nitrogens with one attached hydrogen (secondary N) is 1. The number of tetrazole rings is 1. The Bertz CT molecular complexity index is 1480. The molecule has 0 saturated carbocycles. The predicted molar refractivity (Wildman–Crippen MR) is 146 cm³/mol. The molecule has 2 aromatic heterocycles. The summed E-state index contributed by atoms with van der Waals surface area (Å²) in [5, 5.41) is 13.8. The summed E-state index contributed by atoms with van der Waals surface area (Å²) in [7, 11) is 0. The summed E-state index contributed by atoms with van der Waals surface area (Å²) in [5.74, 6) is 2.33. The van der Waals surface area contributed by atoms with Gasteiger partial charge >= 0.3 is 0 Å². The topological polar surface area (TPSA) is 107 Å². The van der Waals surface area contributed by atoms with Crippen LogP contribution in [0.4, 0.5) is 0 Å². The van der Waals surface area contributed by atoms with Gasteiger partial charge < -0.3 is 19.2 Å². The van der Waals surface area contributed by atoms with E-state index in [0.717, 1.165) is 49.1 Å². The van der Waals surface area contributed by atoms with E-state index in [1.807, 2.05) is 28.9 Å². The minimum atomic E-state index is -0.118. The lowest BCUT2D eigenvalue weighted by atomic mass is 9.99. The molecule has 2 atom stereocenters. The second-order valence-electron chi connectivity index (χ2n) is 10.7. The van der Waals surface area contributed by atoms with Crippen molar-refractivity contribution in [1.82, 2.24) is 30.1 Å². The molecule has 204 valence electrons. The number of aromatic amines is 1. The van der Waals surface area contributed by atoms with Gasteiger partial charge in [0.15, 0.2) is 17.3 Å². The highest BCUT2D eigenvalue weighted by Gasteiger charge is 2.31. The van der Waals surface area contributed by atoms with Gasteiger partial charge in [0, 0.05) is 36.7 Å². The molecule has 0 spiro atoms. The monoisotopic (exact) mass is 530 g/mol. The van der Waals surface area contributed by atoms with Crippen LogP contribution in [0.2, 0.25) is 0 Å². The third-order valence-electron chi connectivity index (χ3n) is 7.57.